The van der Waals surface area contributed by atoms with Crippen molar-refractivity contribution >= 4 is 17.3 Å². The molecule has 102 valence electrons. The SMILES string of the molecule is CN=C(NCC(F)F)NC(C)Cc1ccc(C)s1. The largest absolute Gasteiger partial charge is 0.354 e. The summed E-state index contributed by atoms with van der Waals surface area (Å²) >= 11 is 1.75. The molecule has 0 spiro atoms. The molecule has 0 aliphatic carbocycles. The highest BCUT2D eigenvalue weighted by Gasteiger charge is 2.09. The Morgan fingerprint density at radius 3 is 2.67 bits per heavy atom. The molecule has 0 aliphatic heterocycles. The van der Waals surface area contributed by atoms with E-state index in [1.807, 2.05) is 6.92 Å². The second-order valence-corrected chi connectivity index (χ2v) is 5.48. The Bertz CT molecular complexity index is 390. The standard InChI is InChI=1S/C12H19F2N3S/c1-8(6-10-5-4-9(2)18-10)17-12(15-3)16-7-11(13)14/h4-5,8,11H,6-7H2,1-3H3,(H2,15,16,17). The quantitative estimate of drug-likeness (QED) is 0.639. The summed E-state index contributed by atoms with van der Waals surface area (Å²) in [6, 6.07) is 4.32. The fourth-order valence-corrected chi connectivity index (χ4v) is 2.57. The Morgan fingerprint density at radius 2 is 2.17 bits per heavy atom. The second-order valence-electron chi connectivity index (χ2n) is 4.11. The number of nitrogens with zero attached hydrogens (tertiary/aromatic N) is 1. The highest BCUT2D eigenvalue weighted by Crippen LogP contribution is 2.16. The molecular weight excluding hydrogens is 256 g/mol. The van der Waals surface area contributed by atoms with Crippen LogP contribution in [-0.4, -0.2) is 32.0 Å². The average Bonchev–Trinajstić information content (AvgIpc) is 2.69. The Labute approximate surface area is 110 Å². The summed E-state index contributed by atoms with van der Waals surface area (Å²) in [6.07, 6.45) is -1.52. The first-order valence-corrected chi connectivity index (χ1v) is 6.63. The molecule has 6 heteroatoms. The molecule has 1 heterocycles. The van der Waals surface area contributed by atoms with E-state index in [0.717, 1.165) is 6.42 Å². The van der Waals surface area contributed by atoms with Crippen LogP contribution in [0.3, 0.4) is 0 Å². The van der Waals surface area contributed by atoms with Crippen molar-refractivity contribution in [2.75, 3.05) is 13.6 Å². The number of rotatable bonds is 5. The van der Waals surface area contributed by atoms with Gasteiger partial charge >= 0.3 is 0 Å². The maximum atomic E-state index is 12.1. The zero-order chi connectivity index (χ0) is 13.5. The number of aliphatic imine (C=N–C) groups is 1. The van der Waals surface area contributed by atoms with Gasteiger partial charge in [-0.25, -0.2) is 8.78 Å². The summed E-state index contributed by atoms with van der Waals surface area (Å²) in [5.74, 6) is 0.413. The number of alkyl halides is 2. The van der Waals surface area contributed by atoms with Crippen molar-refractivity contribution in [1.29, 1.82) is 0 Å². The first-order chi connectivity index (χ1) is 8.51. The lowest BCUT2D eigenvalue weighted by atomic mass is 10.2. The first kappa shape index (κ1) is 14.9. The summed E-state index contributed by atoms with van der Waals surface area (Å²) in [5.41, 5.74) is 0. The molecule has 0 bridgehead atoms. The predicted octanol–water partition coefficient (Wildman–Crippen LogP) is 2.42. The van der Waals surface area contributed by atoms with E-state index < -0.39 is 6.43 Å². The third-order valence-corrected chi connectivity index (χ3v) is 3.36. The van der Waals surface area contributed by atoms with Gasteiger partial charge in [-0.3, -0.25) is 4.99 Å². The average molecular weight is 275 g/mol. The summed E-state index contributed by atoms with van der Waals surface area (Å²) in [4.78, 5) is 6.46. The van der Waals surface area contributed by atoms with Gasteiger partial charge in [-0.15, -0.1) is 11.3 Å². The molecule has 0 aliphatic rings. The van der Waals surface area contributed by atoms with Gasteiger partial charge in [0.25, 0.3) is 6.43 Å². The minimum atomic E-state index is -2.38. The normalized spacial score (nSPS) is 13.8. The Kier molecular flexibility index (Phi) is 6.04. The van der Waals surface area contributed by atoms with Gasteiger partial charge in [0.1, 0.15) is 0 Å². The van der Waals surface area contributed by atoms with Crippen LogP contribution in [0.15, 0.2) is 17.1 Å². The van der Waals surface area contributed by atoms with E-state index in [2.05, 4.69) is 34.7 Å². The smallest absolute Gasteiger partial charge is 0.255 e. The molecule has 18 heavy (non-hydrogen) atoms. The zero-order valence-electron chi connectivity index (χ0n) is 10.8. The predicted molar refractivity (Wildman–Crippen MR) is 72.7 cm³/mol. The third-order valence-electron chi connectivity index (χ3n) is 2.33. The van der Waals surface area contributed by atoms with Crippen molar-refractivity contribution in [3.8, 4) is 0 Å². The molecule has 1 aromatic heterocycles. The van der Waals surface area contributed by atoms with E-state index in [0.29, 0.717) is 5.96 Å². The van der Waals surface area contributed by atoms with E-state index in [1.54, 1.807) is 18.4 Å². The van der Waals surface area contributed by atoms with Crippen LogP contribution >= 0.6 is 11.3 Å². The topological polar surface area (TPSA) is 36.4 Å². The molecule has 1 atom stereocenters. The van der Waals surface area contributed by atoms with Crippen LogP contribution in [-0.2, 0) is 6.42 Å². The van der Waals surface area contributed by atoms with Crippen molar-refractivity contribution in [2.45, 2.75) is 32.7 Å². The van der Waals surface area contributed by atoms with Crippen LogP contribution < -0.4 is 10.6 Å². The molecule has 0 amide bonds. The zero-order valence-corrected chi connectivity index (χ0v) is 11.7. The third kappa shape index (κ3) is 5.44. The van der Waals surface area contributed by atoms with Crippen LogP contribution in [0.1, 0.15) is 16.7 Å². The van der Waals surface area contributed by atoms with Crippen LogP contribution in [0.4, 0.5) is 8.78 Å². The molecule has 3 nitrogen and oxygen atoms in total. The summed E-state index contributed by atoms with van der Waals surface area (Å²) in [7, 11) is 1.57. The molecule has 1 aromatic rings. The minimum Gasteiger partial charge on any atom is -0.354 e. The summed E-state index contributed by atoms with van der Waals surface area (Å²) < 4.78 is 24.1. The number of hydrogen-bond donors (Lipinski definition) is 2. The molecule has 0 saturated heterocycles. The number of halogens is 2. The van der Waals surface area contributed by atoms with E-state index >= 15 is 0 Å². The summed E-state index contributed by atoms with van der Waals surface area (Å²) in [5, 5.41) is 5.68. The maximum Gasteiger partial charge on any atom is 0.255 e. The lowest BCUT2D eigenvalue weighted by molar-refractivity contribution is 0.152. The van der Waals surface area contributed by atoms with E-state index in [-0.39, 0.29) is 12.6 Å². The summed E-state index contributed by atoms with van der Waals surface area (Å²) in [6.45, 7) is 3.68. The van der Waals surface area contributed by atoms with Crippen LogP contribution in [0.2, 0.25) is 0 Å². The number of nitrogens with one attached hydrogen (secondary N) is 2. The van der Waals surface area contributed by atoms with Crippen molar-refractivity contribution in [2.24, 2.45) is 4.99 Å². The van der Waals surface area contributed by atoms with Gasteiger partial charge in [0.15, 0.2) is 5.96 Å². The van der Waals surface area contributed by atoms with Crippen molar-refractivity contribution in [3.63, 3.8) is 0 Å². The van der Waals surface area contributed by atoms with E-state index in [9.17, 15) is 8.78 Å². The number of aryl methyl sites for hydroxylation is 1. The monoisotopic (exact) mass is 275 g/mol. The van der Waals surface area contributed by atoms with Gasteiger partial charge in [0, 0.05) is 29.3 Å². The molecule has 0 aromatic carbocycles. The van der Waals surface area contributed by atoms with Gasteiger partial charge in [-0.2, -0.15) is 0 Å². The molecule has 0 saturated carbocycles. The van der Waals surface area contributed by atoms with Crippen LogP contribution in [0.25, 0.3) is 0 Å². The fourth-order valence-electron chi connectivity index (χ4n) is 1.55. The minimum absolute atomic E-state index is 0.145. The Morgan fingerprint density at radius 1 is 1.44 bits per heavy atom. The first-order valence-electron chi connectivity index (χ1n) is 5.82. The van der Waals surface area contributed by atoms with Crippen LogP contribution in [0.5, 0.6) is 0 Å². The van der Waals surface area contributed by atoms with Gasteiger partial charge < -0.3 is 10.6 Å². The van der Waals surface area contributed by atoms with Gasteiger partial charge in [0.05, 0.1) is 6.54 Å². The van der Waals surface area contributed by atoms with Crippen molar-refractivity contribution in [3.05, 3.63) is 21.9 Å². The molecule has 1 rings (SSSR count). The number of hydrogen-bond acceptors (Lipinski definition) is 2. The number of guanidine groups is 1. The van der Waals surface area contributed by atoms with E-state index in [4.69, 9.17) is 0 Å². The highest BCUT2D eigenvalue weighted by atomic mass is 32.1. The number of thiophene rings is 1. The lowest BCUT2D eigenvalue weighted by Gasteiger charge is -2.17. The molecule has 2 N–H and O–H groups in total. The lowest BCUT2D eigenvalue weighted by Crippen LogP contribution is -2.44. The van der Waals surface area contributed by atoms with Crippen molar-refractivity contribution < 1.29 is 8.78 Å². The fraction of sp³-hybridized carbons (Fsp3) is 0.583. The van der Waals surface area contributed by atoms with Crippen LogP contribution in [0, 0.1) is 6.92 Å². The van der Waals surface area contributed by atoms with E-state index in [1.165, 1.54) is 9.75 Å². The van der Waals surface area contributed by atoms with Gasteiger partial charge in [-0.1, -0.05) is 0 Å². The second kappa shape index (κ2) is 7.31. The van der Waals surface area contributed by atoms with Crippen molar-refractivity contribution in [1.82, 2.24) is 10.6 Å². The molecular formula is C12H19F2N3S. The highest BCUT2D eigenvalue weighted by molar-refractivity contribution is 7.11. The maximum absolute atomic E-state index is 12.1. The molecule has 0 radical (unpaired) electrons. The molecule has 0 fully saturated rings. The Hall–Kier alpha value is -1.17. The van der Waals surface area contributed by atoms with Gasteiger partial charge in [-0.05, 0) is 26.0 Å². The molecule has 1 unspecified atom stereocenters. The Balaban J connectivity index is 2.40. The van der Waals surface area contributed by atoms with Gasteiger partial charge in [0.2, 0.25) is 0 Å².